The third-order valence-electron chi connectivity index (χ3n) is 4.67. The number of amides is 1. The Balaban J connectivity index is 1.56. The van der Waals surface area contributed by atoms with Gasteiger partial charge in [-0.3, -0.25) is 4.79 Å². The highest BCUT2D eigenvalue weighted by molar-refractivity contribution is 5.93. The maximum Gasteiger partial charge on any atom is 0.225 e. The SMILES string of the molecule is Cc1nnc(N2CCN(C(=O)C3CC3)CC2)c2ccccc12. The van der Waals surface area contributed by atoms with Crippen LogP contribution in [0, 0.1) is 12.8 Å². The molecule has 4 rings (SSSR count). The molecule has 1 saturated carbocycles. The molecule has 2 aromatic rings. The van der Waals surface area contributed by atoms with Crippen molar-refractivity contribution in [1.29, 1.82) is 0 Å². The topological polar surface area (TPSA) is 49.3 Å². The molecule has 0 unspecified atom stereocenters. The van der Waals surface area contributed by atoms with Crippen molar-refractivity contribution in [3.63, 3.8) is 0 Å². The van der Waals surface area contributed by atoms with Crippen molar-refractivity contribution in [1.82, 2.24) is 15.1 Å². The van der Waals surface area contributed by atoms with Crippen LogP contribution in [0.1, 0.15) is 18.5 Å². The molecule has 2 aliphatic rings. The standard InChI is InChI=1S/C17H20N4O/c1-12-14-4-2-3-5-15(14)16(19-18-12)20-8-10-21(11-9-20)17(22)13-6-7-13/h2-5,13H,6-11H2,1H3. The van der Waals surface area contributed by atoms with Crippen LogP contribution in [0.15, 0.2) is 24.3 Å². The summed E-state index contributed by atoms with van der Waals surface area (Å²) in [5, 5.41) is 11.0. The average Bonchev–Trinajstić information content (AvgIpc) is 3.40. The summed E-state index contributed by atoms with van der Waals surface area (Å²) in [7, 11) is 0. The van der Waals surface area contributed by atoms with Crippen LogP contribution in [0.4, 0.5) is 5.82 Å². The van der Waals surface area contributed by atoms with Gasteiger partial charge in [0.15, 0.2) is 5.82 Å². The number of rotatable bonds is 2. The number of aryl methyl sites for hydroxylation is 1. The van der Waals surface area contributed by atoms with Crippen LogP contribution in [0.25, 0.3) is 10.8 Å². The highest BCUT2D eigenvalue weighted by Gasteiger charge is 2.34. The first-order chi connectivity index (χ1) is 10.7. The van der Waals surface area contributed by atoms with Crippen molar-refractivity contribution < 1.29 is 4.79 Å². The molecule has 0 atom stereocenters. The maximum absolute atomic E-state index is 12.1. The van der Waals surface area contributed by atoms with E-state index in [0.717, 1.165) is 61.3 Å². The van der Waals surface area contributed by atoms with Crippen molar-refractivity contribution in [2.45, 2.75) is 19.8 Å². The predicted molar refractivity (Wildman–Crippen MR) is 85.8 cm³/mol. The normalized spacial score (nSPS) is 18.8. The summed E-state index contributed by atoms with van der Waals surface area (Å²) >= 11 is 0. The van der Waals surface area contributed by atoms with Crippen LogP contribution >= 0.6 is 0 Å². The molecule has 5 heteroatoms. The molecule has 5 nitrogen and oxygen atoms in total. The number of nitrogens with zero attached hydrogens (tertiary/aromatic N) is 4. The van der Waals surface area contributed by atoms with E-state index in [4.69, 9.17) is 0 Å². The summed E-state index contributed by atoms with van der Waals surface area (Å²) in [6, 6.07) is 8.27. The molecule has 0 bridgehead atoms. The van der Waals surface area contributed by atoms with E-state index in [2.05, 4.69) is 27.2 Å². The molecule has 0 spiro atoms. The minimum atomic E-state index is 0.312. The van der Waals surface area contributed by atoms with Gasteiger partial charge in [0.1, 0.15) is 0 Å². The molecule has 2 fully saturated rings. The van der Waals surface area contributed by atoms with Gasteiger partial charge in [0, 0.05) is 42.9 Å². The number of fused-ring (bicyclic) bond motifs is 1. The number of anilines is 1. The van der Waals surface area contributed by atoms with E-state index < -0.39 is 0 Å². The predicted octanol–water partition coefficient (Wildman–Crippen LogP) is 2.00. The second-order valence-electron chi connectivity index (χ2n) is 6.24. The van der Waals surface area contributed by atoms with Gasteiger partial charge in [-0.1, -0.05) is 24.3 Å². The average molecular weight is 296 g/mol. The Kier molecular flexibility index (Phi) is 3.21. The van der Waals surface area contributed by atoms with Crippen molar-refractivity contribution >= 4 is 22.5 Å². The van der Waals surface area contributed by atoms with Gasteiger partial charge in [-0.05, 0) is 19.8 Å². The van der Waals surface area contributed by atoms with Gasteiger partial charge in [0.25, 0.3) is 0 Å². The molecule has 1 aromatic carbocycles. The Hall–Kier alpha value is -2.17. The van der Waals surface area contributed by atoms with E-state index in [0.29, 0.717) is 11.8 Å². The minimum absolute atomic E-state index is 0.312. The van der Waals surface area contributed by atoms with E-state index >= 15 is 0 Å². The van der Waals surface area contributed by atoms with Crippen molar-refractivity contribution in [3.8, 4) is 0 Å². The number of carbonyl (C=O) groups is 1. The van der Waals surface area contributed by atoms with Gasteiger partial charge in [0.05, 0.1) is 5.69 Å². The summed E-state index contributed by atoms with van der Waals surface area (Å²) in [6.45, 7) is 5.24. The second kappa shape index (κ2) is 5.23. The molecule has 114 valence electrons. The fourth-order valence-electron chi connectivity index (χ4n) is 3.18. The number of benzene rings is 1. The third kappa shape index (κ3) is 2.30. The summed E-state index contributed by atoms with van der Waals surface area (Å²) in [5.74, 6) is 1.60. The molecular formula is C17H20N4O. The van der Waals surface area contributed by atoms with E-state index in [1.54, 1.807) is 0 Å². The Morgan fingerprint density at radius 1 is 1.05 bits per heavy atom. The molecule has 0 radical (unpaired) electrons. The zero-order chi connectivity index (χ0) is 15.1. The summed E-state index contributed by atoms with van der Waals surface area (Å²) < 4.78 is 0. The largest absolute Gasteiger partial charge is 0.351 e. The Bertz CT molecular complexity index is 718. The second-order valence-corrected chi connectivity index (χ2v) is 6.24. The number of hydrogen-bond acceptors (Lipinski definition) is 4. The smallest absolute Gasteiger partial charge is 0.225 e. The van der Waals surface area contributed by atoms with Gasteiger partial charge in [-0.2, -0.15) is 5.10 Å². The molecule has 1 aliphatic heterocycles. The Labute approximate surface area is 129 Å². The lowest BCUT2D eigenvalue weighted by molar-refractivity contribution is -0.132. The fourth-order valence-corrected chi connectivity index (χ4v) is 3.18. The lowest BCUT2D eigenvalue weighted by Crippen LogP contribution is -2.49. The lowest BCUT2D eigenvalue weighted by Gasteiger charge is -2.35. The molecule has 1 aromatic heterocycles. The number of carbonyl (C=O) groups excluding carboxylic acids is 1. The quantitative estimate of drug-likeness (QED) is 0.850. The number of aromatic nitrogens is 2. The monoisotopic (exact) mass is 296 g/mol. The van der Waals surface area contributed by atoms with E-state index in [1.165, 1.54) is 0 Å². The maximum atomic E-state index is 12.1. The highest BCUT2D eigenvalue weighted by atomic mass is 16.2. The molecule has 0 N–H and O–H groups in total. The zero-order valence-electron chi connectivity index (χ0n) is 12.8. The van der Waals surface area contributed by atoms with Crippen LogP contribution in [0.2, 0.25) is 0 Å². The first kappa shape index (κ1) is 13.5. The van der Waals surface area contributed by atoms with Gasteiger partial charge in [-0.25, -0.2) is 0 Å². The first-order valence-electron chi connectivity index (χ1n) is 8.00. The summed E-state index contributed by atoms with van der Waals surface area (Å²) in [4.78, 5) is 16.4. The van der Waals surface area contributed by atoms with Crippen LogP contribution in [-0.2, 0) is 4.79 Å². The fraction of sp³-hybridized carbons (Fsp3) is 0.471. The molecule has 2 heterocycles. The molecule has 1 saturated heterocycles. The molecule has 1 aliphatic carbocycles. The molecule has 1 amide bonds. The van der Waals surface area contributed by atoms with E-state index in [-0.39, 0.29) is 0 Å². The zero-order valence-corrected chi connectivity index (χ0v) is 12.8. The summed E-state index contributed by atoms with van der Waals surface area (Å²) in [6.07, 6.45) is 2.15. The van der Waals surface area contributed by atoms with Crippen LogP contribution in [-0.4, -0.2) is 47.2 Å². The van der Waals surface area contributed by atoms with Gasteiger partial charge >= 0.3 is 0 Å². The first-order valence-corrected chi connectivity index (χ1v) is 8.00. The number of hydrogen-bond donors (Lipinski definition) is 0. The van der Waals surface area contributed by atoms with Crippen LogP contribution in [0.3, 0.4) is 0 Å². The minimum Gasteiger partial charge on any atom is -0.351 e. The van der Waals surface area contributed by atoms with Gasteiger partial charge < -0.3 is 9.80 Å². The van der Waals surface area contributed by atoms with Crippen molar-refractivity contribution in [2.24, 2.45) is 5.92 Å². The van der Waals surface area contributed by atoms with Gasteiger partial charge in [-0.15, -0.1) is 5.10 Å². The third-order valence-corrected chi connectivity index (χ3v) is 4.67. The van der Waals surface area contributed by atoms with E-state index in [9.17, 15) is 4.79 Å². The summed E-state index contributed by atoms with van der Waals surface area (Å²) in [5.41, 5.74) is 0.960. The van der Waals surface area contributed by atoms with Crippen molar-refractivity contribution in [2.75, 3.05) is 31.1 Å². The Morgan fingerprint density at radius 3 is 2.41 bits per heavy atom. The van der Waals surface area contributed by atoms with Crippen molar-refractivity contribution in [3.05, 3.63) is 30.0 Å². The Morgan fingerprint density at radius 2 is 1.73 bits per heavy atom. The van der Waals surface area contributed by atoms with Gasteiger partial charge in [0.2, 0.25) is 5.91 Å². The molecular weight excluding hydrogens is 276 g/mol. The van der Waals surface area contributed by atoms with Crippen LogP contribution in [0.5, 0.6) is 0 Å². The molecule has 22 heavy (non-hydrogen) atoms. The van der Waals surface area contributed by atoms with Crippen LogP contribution < -0.4 is 4.90 Å². The highest BCUT2D eigenvalue weighted by Crippen LogP contribution is 2.32. The number of piperazine rings is 1. The lowest BCUT2D eigenvalue weighted by atomic mass is 10.1. The van der Waals surface area contributed by atoms with E-state index in [1.807, 2.05) is 24.0 Å².